The molecule has 160 valence electrons. The summed E-state index contributed by atoms with van der Waals surface area (Å²) in [5.41, 5.74) is 13.9. The molecule has 4 rings (SSSR count). The maximum absolute atomic E-state index is 12.9. The number of amides is 1. The summed E-state index contributed by atoms with van der Waals surface area (Å²) in [7, 11) is 1.49. The number of hydrogen-bond donors (Lipinski definition) is 1. The molecular weight excluding hydrogens is 408 g/mol. The molecule has 0 aromatic heterocycles. The molecule has 0 aliphatic heterocycles. The summed E-state index contributed by atoms with van der Waals surface area (Å²) >= 11 is 0. The van der Waals surface area contributed by atoms with Crippen molar-refractivity contribution in [3.8, 4) is 11.1 Å². The predicted octanol–water partition coefficient (Wildman–Crippen LogP) is 6.02. The highest BCUT2D eigenvalue weighted by Gasteiger charge is 2.30. The van der Waals surface area contributed by atoms with Crippen LogP contribution in [0, 0.1) is 6.92 Å². The van der Waals surface area contributed by atoms with Gasteiger partial charge in [-0.2, -0.15) is 0 Å². The minimum absolute atomic E-state index is 0.0526. The van der Waals surface area contributed by atoms with Gasteiger partial charge in [0.2, 0.25) is 0 Å². The van der Waals surface area contributed by atoms with Crippen LogP contribution in [0.5, 0.6) is 0 Å². The lowest BCUT2D eigenvalue weighted by molar-refractivity contribution is 0.0696. The highest BCUT2D eigenvalue weighted by molar-refractivity contribution is 5.96. The van der Waals surface area contributed by atoms with Crippen molar-refractivity contribution < 1.29 is 19.4 Å². The van der Waals surface area contributed by atoms with E-state index in [1.807, 2.05) is 36.4 Å². The zero-order valence-electron chi connectivity index (χ0n) is 17.5. The Morgan fingerprint density at radius 1 is 1.09 bits per heavy atom. The summed E-state index contributed by atoms with van der Waals surface area (Å²) in [6.45, 7) is 1.73. The number of anilines is 1. The minimum atomic E-state index is -1.18. The third-order valence-electron chi connectivity index (χ3n) is 5.73. The van der Waals surface area contributed by atoms with Crippen LogP contribution in [0.3, 0.4) is 0 Å². The summed E-state index contributed by atoms with van der Waals surface area (Å²) < 4.78 is 5.65. The van der Waals surface area contributed by atoms with Crippen LogP contribution >= 0.6 is 0 Å². The molecule has 0 fully saturated rings. The average Bonchev–Trinajstić information content (AvgIpc) is 3.11. The van der Waals surface area contributed by atoms with Gasteiger partial charge in [0.1, 0.15) is 6.61 Å². The number of carbonyl (C=O) groups is 2. The maximum atomic E-state index is 12.9. The summed E-state index contributed by atoms with van der Waals surface area (Å²) in [6.07, 6.45) is -0.635. The number of rotatable bonds is 5. The Labute approximate surface area is 184 Å². The molecule has 1 N–H and O–H groups in total. The number of hydrogen-bond acceptors (Lipinski definition) is 4. The van der Waals surface area contributed by atoms with Crippen molar-refractivity contribution in [2.24, 2.45) is 5.11 Å². The molecule has 1 aliphatic rings. The van der Waals surface area contributed by atoms with E-state index in [0.29, 0.717) is 11.3 Å². The van der Waals surface area contributed by atoms with Crippen LogP contribution in [0.1, 0.15) is 33.0 Å². The standard InChI is InChI=1S/C24H20N4O4/c1-14-20(23(29)30)11-15(26-27-25)12-22(14)28(2)24(31)32-13-21-18-9-5-3-7-16(18)17-8-4-6-10-19(17)21/h3-12,21H,13H2,1-2H3,(H,29,30). The second-order valence-electron chi connectivity index (χ2n) is 7.50. The smallest absolute Gasteiger partial charge is 0.414 e. The molecule has 1 amide bonds. The highest BCUT2D eigenvalue weighted by atomic mass is 16.6. The number of carboxylic acids is 1. The number of benzene rings is 3. The first-order valence-electron chi connectivity index (χ1n) is 9.94. The van der Waals surface area contributed by atoms with E-state index in [4.69, 9.17) is 10.3 Å². The molecule has 8 nitrogen and oxygen atoms in total. The van der Waals surface area contributed by atoms with E-state index in [-0.39, 0.29) is 23.8 Å². The van der Waals surface area contributed by atoms with Gasteiger partial charge < -0.3 is 9.84 Å². The highest BCUT2D eigenvalue weighted by Crippen LogP contribution is 2.44. The van der Waals surface area contributed by atoms with Gasteiger partial charge >= 0.3 is 12.1 Å². The number of aromatic carboxylic acids is 1. The molecule has 0 saturated heterocycles. The molecule has 8 heteroatoms. The normalized spacial score (nSPS) is 11.8. The molecule has 1 aliphatic carbocycles. The van der Waals surface area contributed by atoms with E-state index in [9.17, 15) is 14.7 Å². The Morgan fingerprint density at radius 3 is 2.25 bits per heavy atom. The second-order valence-corrected chi connectivity index (χ2v) is 7.50. The first-order chi connectivity index (χ1) is 15.4. The second kappa shape index (κ2) is 8.45. The molecule has 32 heavy (non-hydrogen) atoms. The van der Waals surface area contributed by atoms with E-state index in [1.54, 1.807) is 6.92 Å². The van der Waals surface area contributed by atoms with Gasteiger partial charge in [0.25, 0.3) is 0 Å². The number of fused-ring (bicyclic) bond motifs is 3. The molecule has 3 aromatic carbocycles. The van der Waals surface area contributed by atoms with E-state index >= 15 is 0 Å². The minimum Gasteiger partial charge on any atom is -0.478 e. The fraction of sp³-hybridized carbons (Fsp3) is 0.167. The SMILES string of the molecule is Cc1c(C(=O)O)cc(N=[N+]=[N-])cc1N(C)C(=O)OCC1c2ccccc2-c2ccccc21. The first-order valence-corrected chi connectivity index (χ1v) is 9.94. The van der Waals surface area contributed by atoms with Gasteiger partial charge in [0.15, 0.2) is 0 Å². The lowest BCUT2D eigenvalue weighted by atomic mass is 9.98. The van der Waals surface area contributed by atoms with Crippen LogP contribution in [-0.4, -0.2) is 30.8 Å². The monoisotopic (exact) mass is 428 g/mol. The van der Waals surface area contributed by atoms with Crippen LogP contribution in [-0.2, 0) is 4.74 Å². The zero-order valence-corrected chi connectivity index (χ0v) is 17.5. The summed E-state index contributed by atoms with van der Waals surface area (Å²) in [4.78, 5) is 28.4. The van der Waals surface area contributed by atoms with Gasteiger partial charge in [-0.25, -0.2) is 9.59 Å². The van der Waals surface area contributed by atoms with E-state index in [2.05, 4.69) is 22.2 Å². The number of ether oxygens (including phenoxy) is 1. The van der Waals surface area contributed by atoms with Crippen molar-refractivity contribution in [1.29, 1.82) is 0 Å². The average molecular weight is 428 g/mol. The maximum Gasteiger partial charge on any atom is 0.414 e. The molecule has 0 heterocycles. The quantitative estimate of drug-likeness (QED) is 0.304. The van der Waals surface area contributed by atoms with Gasteiger partial charge in [-0.15, -0.1) is 0 Å². The van der Waals surface area contributed by atoms with Crippen molar-refractivity contribution >= 4 is 23.4 Å². The van der Waals surface area contributed by atoms with Crippen molar-refractivity contribution in [3.63, 3.8) is 0 Å². The largest absolute Gasteiger partial charge is 0.478 e. The molecule has 0 radical (unpaired) electrons. The van der Waals surface area contributed by atoms with Gasteiger partial charge in [-0.3, -0.25) is 4.90 Å². The molecule has 0 bridgehead atoms. The van der Waals surface area contributed by atoms with Crippen molar-refractivity contribution in [2.75, 3.05) is 18.6 Å². The topological polar surface area (TPSA) is 116 Å². The predicted molar refractivity (Wildman–Crippen MR) is 120 cm³/mol. The van der Waals surface area contributed by atoms with Crippen LogP contribution in [0.15, 0.2) is 65.8 Å². The lowest BCUT2D eigenvalue weighted by Gasteiger charge is -2.22. The molecule has 0 saturated carbocycles. The van der Waals surface area contributed by atoms with Gasteiger partial charge in [-0.1, -0.05) is 53.6 Å². The van der Waals surface area contributed by atoms with E-state index in [0.717, 1.165) is 22.3 Å². The Bertz CT molecular complexity index is 1240. The first kappa shape index (κ1) is 21.0. The molecule has 0 unspecified atom stereocenters. The fourth-order valence-electron chi connectivity index (χ4n) is 4.15. The third kappa shape index (κ3) is 3.64. The van der Waals surface area contributed by atoms with E-state index < -0.39 is 12.1 Å². The summed E-state index contributed by atoms with van der Waals surface area (Å²) in [6, 6.07) is 18.8. The number of nitrogens with zero attached hydrogens (tertiary/aromatic N) is 4. The summed E-state index contributed by atoms with van der Waals surface area (Å²) in [5.74, 6) is -1.27. The Hall–Kier alpha value is -4.29. The van der Waals surface area contributed by atoms with Crippen molar-refractivity contribution in [3.05, 3.63) is 93.4 Å². The number of carbonyl (C=O) groups excluding carboxylic acids is 1. The third-order valence-corrected chi connectivity index (χ3v) is 5.73. The number of carboxylic acid groups (broad SMARTS) is 1. The Kier molecular flexibility index (Phi) is 5.54. The molecule has 0 atom stereocenters. The summed E-state index contributed by atoms with van der Waals surface area (Å²) in [5, 5.41) is 13.0. The Balaban J connectivity index is 1.59. The van der Waals surface area contributed by atoms with Gasteiger partial charge in [0.05, 0.1) is 11.3 Å². The molecule has 0 spiro atoms. The van der Waals surface area contributed by atoms with Gasteiger partial charge in [0, 0.05) is 23.6 Å². The number of azide groups is 1. The molecular formula is C24H20N4O4. The van der Waals surface area contributed by atoms with Crippen LogP contribution < -0.4 is 4.90 Å². The van der Waals surface area contributed by atoms with Gasteiger partial charge in [-0.05, 0) is 52.4 Å². The van der Waals surface area contributed by atoms with Crippen LogP contribution in [0.2, 0.25) is 0 Å². The fourth-order valence-corrected chi connectivity index (χ4v) is 4.15. The molecule has 3 aromatic rings. The van der Waals surface area contributed by atoms with Crippen molar-refractivity contribution in [2.45, 2.75) is 12.8 Å². The van der Waals surface area contributed by atoms with E-state index in [1.165, 1.54) is 24.1 Å². The van der Waals surface area contributed by atoms with Crippen LogP contribution in [0.25, 0.3) is 21.6 Å². The lowest BCUT2D eigenvalue weighted by Crippen LogP contribution is -2.29. The zero-order chi connectivity index (χ0) is 22.8. The van der Waals surface area contributed by atoms with Crippen LogP contribution in [0.4, 0.5) is 16.2 Å². The van der Waals surface area contributed by atoms with Crippen molar-refractivity contribution in [1.82, 2.24) is 0 Å². The Morgan fingerprint density at radius 2 is 1.69 bits per heavy atom.